The third-order valence-corrected chi connectivity index (χ3v) is 4.00. The van der Waals surface area contributed by atoms with E-state index in [2.05, 4.69) is 0 Å². The van der Waals surface area contributed by atoms with Gasteiger partial charge in [-0.1, -0.05) is 12.1 Å². The van der Waals surface area contributed by atoms with Crippen molar-refractivity contribution in [2.75, 3.05) is 0 Å². The molecule has 5 atom stereocenters. The summed E-state index contributed by atoms with van der Waals surface area (Å²) in [6.45, 7) is 0. The third kappa shape index (κ3) is 3.97. The number of carboxylic acid groups (broad SMARTS) is 1. The van der Waals surface area contributed by atoms with Crippen molar-refractivity contribution < 1.29 is 45.0 Å². The van der Waals surface area contributed by atoms with Crippen LogP contribution in [0, 0.1) is 0 Å². The van der Waals surface area contributed by atoms with Crippen LogP contribution in [-0.2, 0) is 14.3 Å². The van der Waals surface area contributed by atoms with Gasteiger partial charge in [0.05, 0.1) is 0 Å². The minimum Gasteiger partial charge on any atom is -0.508 e. The molecule has 1 saturated carbocycles. The maximum absolute atomic E-state index is 11.8. The van der Waals surface area contributed by atoms with Gasteiger partial charge < -0.3 is 35.4 Å². The number of ether oxygens (including phenoxy) is 1. The molecule has 0 unspecified atom stereocenters. The summed E-state index contributed by atoms with van der Waals surface area (Å²) >= 11 is 0. The van der Waals surface area contributed by atoms with E-state index in [0.29, 0.717) is 5.56 Å². The van der Waals surface area contributed by atoms with Gasteiger partial charge in [0.1, 0.15) is 30.2 Å². The molecule has 9 nitrogen and oxygen atoms in total. The monoisotopic (exact) mass is 354 g/mol. The Balaban J connectivity index is 2.08. The molecule has 1 aliphatic carbocycles. The van der Waals surface area contributed by atoms with Gasteiger partial charge in [-0.15, -0.1) is 0 Å². The fourth-order valence-corrected chi connectivity index (χ4v) is 2.50. The molecule has 136 valence electrons. The molecule has 0 heterocycles. The van der Waals surface area contributed by atoms with Crippen molar-refractivity contribution in [3.63, 3.8) is 0 Å². The van der Waals surface area contributed by atoms with Crippen LogP contribution in [0.4, 0.5) is 0 Å². The number of aliphatic hydroxyl groups excluding tert-OH is 3. The minimum atomic E-state index is -2.76. The number of hydrogen-bond acceptors (Lipinski definition) is 8. The molecule has 0 saturated heterocycles. The predicted octanol–water partition coefficient (Wildman–Crippen LogP) is -1.38. The first-order valence-corrected chi connectivity index (χ1v) is 7.33. The molecule has 1 aromatic carbocycles. The first-order valence-electron chi connectivity index (χ1n) is 7.33. The quantitative estimate of drug-likeness (QED) is 0.282. The fourth-order valence-electron chi connectivity index (χ4n) is 2.50. The average molecular weight is 354 g/mol. The Bertz CT molecular complexity index is 669. The van der Waals surface area contributed by atoms with Crippen LogP contribution in [0.15, 0.2) is 30.3 Å². The predicted molar refractivity (Wildman–Crippen MR) is 82.2 cm³/mol. The average Bonchev–Trinajstić information content (AvgIpc) is 2.57. The summed E-state index contributed by atoms with van der Waals surface area (Å²) in [5.41, 5.74) is -2.19. The maximum Gasteiger partial charge on any atom is 0.338 e. The lowest BCUT2D eigenvalue weighted by molar-refractivity contribution is -0.231. The molecule has 9 heteroatoms. The molecular weight excluding hydrogens is 336 g/mol. The number of carboxylic acids is 1. The number of phenolic OH excluding ortho intramolecular Hbond substituents is 1. The highest BCUT2D eigenvalue weighted by Gasteiger charge is 2.57. The number of rotatable bonds is 4. The van der Waals surface area contributed by atoms with Crippen molar-refractivity contribution in [1.29, 1.82) is 0 Å². The minimum absolute atomic E-state index is 0.0468. The molecule has 6 N–H and O–H groups in total. The van der Waals surface area contributed by atoms with Crippen molar-refractivity contribution >= 4 is 18.0 Å². The topological polar surface area (TPSA) is 165 Å². The summed E-state index contributed by atoms with van der Waals surface area (Å²) in [5, 5.41) is 57.3. The Morgan fingerprint density at radius 1 is 1.12 bits per heavy atom. The molecule has 0 bridgehead atoms. The van der Waals surface area contributed by atoms with Crippen molar-refractivity contribution in [2.24, 2.45) is 0 Å². The number of esters is 1. The van der Waals surface area contributed by atoms with Gasteiger partial charge >= 0.3 is 11.9 Å². The van der Waals surface area contributed by atoms with Crippen LogP contribution in [0.3, 0.4) is 0 Å². The van der Waals surface area contributed by atoms with Gasteiger partial charge in [-0.3, -0.25) is 0 Å². The first-order chi connectivity index (χ1) is 11.6. The number of aliphatic carboxylic acids is 1. The molecule has 1 fully saturated rings. The highest BCUT2D eigenvalue weighted by atomic mass is 16.6. The molecule has 1 aromatic rings. The van der Waals surface area contributed by atoms with Gasteiger partial charge in [-0.2, -0.15) is 0 Å². The van der Waals surface area contributed by atoms with Crippen molar-refractivity contribution in [3.05, 3.63) is 35.9 Å². The number of aromatic hydroxyl groups is 1. The highest BCUT2D eigenvalue weighted by molar-refractivity contribution is 5.87. The third-order valence-electron chi connectivity index (χ3n) is 4.00. The normalized spacial score (nSPS) is 32.5. The molecule has 0 aromatic heterocycles. The van der Waals surface area contributed by atoms with Gasteiger partial charge in [0.25, 0.3) is 0 Å². The number of aliphatic hydroxyl groups is 4. The van der Waals surface area contributed by atoms with Gasteiger partial charge in [0.2, 0.25) is 0 Å². The largest absolute Gasteiger partial charge is 0.508 e. The van der Waals surface area contributed by atoms with Crippen LogP contribution in [0.2, 0.25) is 0 Å². The summed E-state index contributed by atoms with van der Waals surface area (Å²) in [5.74, 6) is -2.72. The lowest BCUT2D eigenvalue weighted by atomic mass is 9.77. The first kappa shape index (κ1) is 18.9. The number of phenols is 1. The van der Waals surface area contributed by atoms with Crippen LogP contribution < -0.4 is 0 Å². The van der Waals surface area contributed by atoms with E-state index in [0.717, 1.165) is 6.08 Å². The summed E-state index contributed by atoms with van der Waals surface area (Å²) in [4.78, 5) is 23.0. The summed E-state index contributed by atoms with van der Waals surface area (Å²) < 4.78 is 4.89. The summed E-state index contributed by atoms with van der Waals surface area (Å²) in [7, 11) is 0. The van der Waals surface area contributed by atoms with E-state index < -0.39 is 48.4 Å². The van der Waals surface area contributed by atoms with E-state index in [4.69, 9.17) is 14.9 Å². The molecule has 1 aliphatic rings. The summed E-state index contributed by atoms with van der Waals surface area (Å²) in [6, 6.07) is 5.86. The van der Waals surface area contributed by atoms with Crippen LogP contribution in [0.25, 0.3) is 6.08 Å². The zero-order valence-corrected chi connectivity index (χ0v) is 12.9. The van der Waals surface area contributed by atoms with Crippen LogP contribution in [0.5, 0.6) is 5.75 Å². The van der Waals surface area contributed by atoms with Crippen molar-refractivity contribution in [1.82, 2.24) is 0 Å². The van der Waals surface area contributed by atoms with Crippen molar-refractivity contribution in [2.45, 2.75) is 36.4 Å². The fraction of sp³-hybridized carbons (Fsp3) is 0.375. The lowest BCUT2D eigenvalue weighted by Gasteiger charge is -2.42. The van der Waals surface area contributed by atoms with Crippen LogP contribution >= 0.6 is 0 Å². The summed E-state index contributed by atoms with van der Waals surface area (Å²) in [6.07, 6.45) is -5.88. The zero-order chi connectivity index (χ0) is 18.8. The maximum atomic E-state index is 11.8. The number of carbonyl (C=O) groups excluding carboxylic acids is 1. The Morgan fingerprint density at radius 3 is 2.28 bits per heavy atom. The SMILES string of the molecule is O=C(/C=C/c1ccc(O)cc1)O[C@@H]1C[C@](O)(C(=O)O)[C@@H](O)[C@@H](O)[C@H]1O. The standard InChI is InChI=1S/C16H18O9/c17-9-4-1-8(2-5-9)3-6-11(18)25-10-7-16(24,15(22)23)14(21)13(20)12(10)19/h1-6,10,12-14,17,19-21,24H,7H2,(H,22,23)/b6-3+/t10-,12+,13+,14+,16-/m1/s1. The molecule has 2 rings (SSSR count). The van der Waals surface area contributed by atoms with Crippen LogP contribution in [-0.4, -0.2) is 72.6 Å². The van der Waals surface area contributed by atoms with Gasteiger partial charge in [0, 0.05) is 12.5 Å². The molecule has 0 radical (unpaired) electrons. The van der Waals surface area contributed by atoms with E-state index in [9.17, 15) is 30.0 Å². The van der Waals surface area contributed by atoms with E-state index in [1.54, 1.807) is 0 Å². The molecule has 0 amide bonds. The second kappa shape index (κ2) is 7.19. The van der Waals surface area contributed by atoms with Gasteiger partial charge in [-0.05, 0) is 23.8 Å². The van der Waals surface area contributed by atoms with E-state index in [1.165, 1.54) is 30.3 Å². The van der Waals surface area contributed by atoms with E-state index >= 15 is 0 Å². The lowest BCUT2D eigenvalue weighted by Crippen LogP contribution is -2.66. The van der Waals surface area contributed by atoms with Gasteiger partial charge in [-0.25, -0.2) is 9.59 Å². The van der Waals surface area contributed by atoms with Crippen LogP contribution in [0.1, 0.15) is 12.0 Å². The number of benzene rings is 1. The highest BCUT2D eigenvalue weighted by Crippen LogP contribution is 2.32. The second-order valence-corrected chi connectivity index (χ2v) is 5.76. The molecule has 25 heavy (non-hydrogen) atoms. The van der Waals surface area contributed by atoms with Gasteiger partial charge in [0.15, 0.2) is 5.60 Å². The Labute approximate surface area is 142 Å². The molecule has 0 aliphatic heterocycles. The Hall–Kier alpha value is -2.46. The molecular formula is C16H18O9. The van der Waals surface area contributed by atoms with E-state index in [1.807, 2.05) is 0 Å². The Morgan fingerprint density at radius 2 is 1.72 bits per heavy atom. The molecule has 0 spiro atoms. The second-order valence-electron chi connectivity index (χ2n) is 5.76. The Kier molecular flexibility index (Phi) is 5.43. The van der Waals surface area contributed by atoms with Crippen molar-refractivity contribution in [3.8, 4) is 5.75 Å². The zero-order valence-electron chi connectivity index (χ0n) is 12.9. The smallest absolute Gasteiger partial charge is 0.338 e. The number of hydrogen-bond donors (Lipinski definition) is 6. The van der Waals surface area contributed by atoms with E-state index in [-0.39, 0.29) is 5.75 Å². The number of carbonyl (C=O) groups is 2.